The number of benzene rings is 1. The van der Waals surface area contributed by atoms with Gasteiger partial charge < -0.3 is 4.79 Å². The largest absolute Gasteiger partial charge is 0.303 e. The minimum Gasteiger partial charge on any atom is -0.303 e. The summed E-state index contributed by atoms with van der Waals surface area (Å²) in [5, 5.41) is 0. The standard InChI is InChI=1S/C12H16O/c1-3-11-9-10(2)6-7-12(11)5-4-8-13/h6-9H,3-5H2,1-2H3. The molecule has 1 rings (SSSR count). The van der Waals surface area contributed by atoms with Gasteiger partial charge in [0.25, 0.3) is 0 Å². The topological polar surface area (TPSA) is 17.1 Å². The molecule has 70 valence electrons. The van der Waals surface area contributed by atoms with Crippen molar-refractivity contribution in [3.05, 3.63) is 34.9 Å². The second-order valence-electron chi connectivity index (χ2n) is 3.33. The third kappa shape index (κ3) is 2.69. The normalized spacial score (nSPS) is 10.0. The Labute approximate surface area is 79.8 Å². The van der Waals surface area contributed by atoms with E-state index in [0.29, 0.717) is 6.42 Å². The summed E-state index contributed by atoms with van der Waals surface area (Å²) in [6.07, 6.45) is 3.55. The molecular formula is C12H16O. The Kier molecular flexibility index (Phi) is 3.69. The third-order valence-electron chi connectivity index (χ3n) is 2.27. The Hall–Kier alpha value is -1.11. The quantitative estimate of drug-likeness (QED) is 0.645. The lowest BCUT2D eigenvalue weighted by atomic mass is 9.99. The highest BCUT2D eigenvalue weighted by molar-refractivity contribution is 5.50. The summed E-state index contributed by atoms with van der Waals surface area (Å²) in [5.74, 6) is 0. The molecular weight excluding hydrogens is 160 g/mol. The van der Waals surface area contributed by atoms with Crippen molar-refractivity contribution in [2.24, 2.45) is 0 Å². The Bertz CT molecular complexity index is 289. The molecule has 1 aromatic rings. The van der Waals surface area contributed by atoms with Gasteiger partial charge in [0, 0.05) is 6.42 Å². The molecule has 0 unspecified atom stereocenters. The van der Waals surface area contributed by atoms with E-state index < -0.39 is 0 Å². The zero-order valence-electron chi connectivity index (χ0n) is 8.34. The number of aryl methyl sites for hydroxylation is 3. The molecule has 0 heterocycles. The summed E-state index contributed by atoms with van der Waals surface area (Å²) in [6.45, 7) is 4.25. The van der Waals surface area contributed by atoms with Crippen LogP contribution in [0.5, 0.6) is 0 Å². The summed E-state index contributed by atoms with van der Waals surface area (Å²) in [6, 6.07) is 6.46. The van der Waals surface area contributed by atoms with Crippen LogP contribution in [0.2, 0.25) is 0 Å². The molecule has 0 spiro atoms. The number of hydrogen-bond donors (Lipinski definition) is 0. The number of aldehydes is 1. The van der Waals surface area contributed by atoms with E-state index in [1.807, 2.05) is 0 Å². The van der Waals surface area contributed by atoms with Crippen LogP contribution in [0.15, 0.2) is 18.2 Å². The molecule has 0 radical (unpaired) electrons. The van der Waals surface area contributed by atoms with Gasteiger partial charge in [-0.25, -0.2) is 0 Å². The molecule has 0 saturated heterocycles. The highest BCUT2D eigenvalue weighted by Gasteiger charge is 1.99. The molecule has 0 aliphatic heterocycles. The third-order valence-corrected chi connectivity index (χ3v) is 2.27. The first kappa shape index (κ1) is 9.97. The molecule has 1 aromatic carbocycles. The molecule has 0 atom stereocenters. The summed E-state index contributed by atoms with van der Waals surface area (Å²) in [4.78, 5) is 10.2. The van der Waals surface area contributed by atoms with Crippen molar-refractivity contribution in [3.8, 4) is 0 Å². The first-order chi connectivity index (χ1) is 6.27. The van der Waals surface area contributed by atoms with E-state index in [-0.39, 0.29) is 0 Å². The highest BCUT2D eigenvalue weighted by Crippen LogP contribution is 2.13. The van der Waals surface area contributed by atoms with Crippen LogP contribution in [0.25, 0.3) is 0 Å². The molecule has 0 fully saturated rings. The molecule has 0 aromatic heterocycles. The van der Waals surface area contributed by atoms with Gasteiger partial charge in [-0.3, -0.25) is 0 Å². The molecule has 0 bridgehead atoms. The van der Waals surface area contributed by atoms with Crippen molar-refractivity contribution in [2.45, 2.75) is 33.1 Å². The molecule has 0 saturated carbocycles. The van der Waals surface area contributed by atoms with E-state index in [4.69, 9.17) is 0 Å². The molecule has 0 aliphatic carbocycles. The molecule has 13 heavy (non-hydrogen) atoms. The average molecular weight is 176 g/mol. The molecule has 1 nitrogen and oxygen atoms in total. The summed E-state index contributed by atoms with van der Waals surface area (Å²) >= 11 is 0. The van der Waals surface area contributed by atoms with Crippen LogP contribution < -0.4 is 0 Å². The van der Waals surface area contributed by atoms with Crippen molar-refractivity contribution in [3.63, 3.8) is 0 Å². The number of carbonyl (C=O) groups excluding carboxylic acids is 1. The Morgan fingerprint density at radius 1 is 1.31 bits per heavy atom. The van der Waals surface area contributed by atoms with Crippen molar-refractivity contribution in [1.29, 1.82) is 0 Å². The zero-order valence-corrected chi connectivity index (χ0v) is 8.34. The summed E-state index contributed by atoms with van der Waals surface area (Å²) in [5.41, 5.74) is 3.99. The van der Waals surface area contributed by atoms with Gasteiger partial charge in [-0.05, 0) is 30.9 Å². The first-order valence-corrected chi connectivity index (χ1v) is 4.80. The summed E-state index contributed by atoms with van der Waals surface area (Å²) in [7, 11) is 0. The van der Waals surface area contributed by atoms with Crippen LogP contribution in [0.1, 0.15) is 30.0 Å². The van der Waals surface area contributed by atoms with Gasteiger partial charge in [-0.2, -0.15) is 0 Å². The van der Waals surface area contributed by atoms with Crippen molar-refractivity contribution >= 4 is 6.29 Å². The maximum atomic E-state index is 10.2. The smallest absolute Gasteiger partial charge is 0.120 e. The van der Waals surface area contributed by atoms with Crippen LogP contribution in [-0.2, 0) is 17.6 Å². The van der Waals surface area contributed by atoms with Gasteiger partial charge in [-0.1, -0.05) is 30.7 Å². The SMILES string of the molecule is CCc1cc(C)ccc1CCC=O. The van der Waals surface area contributed by atoms with Crippen molar-refractivity contribution in [2.75, 3.05) is 0 Å². The number of carbonyl (C=O) groups is 1. The van der Waals surface area contributed by atoms with E-state index in [0.717, 1.165) is 19.1 Å². The van der Waals surface area contributed by atoms with Crippen molar-refractivity contribution < 1.29 is 4.79 Å². The van der Waals surface area contributed by atoms with E-state index in [2.05, 4.69) is 32.0 Å². The fourth-order valence-electron chi connectivity index (χ4n) is 1.54. The van der Waals surface area contributed by atoms with Gasteiger partial charge in [0.15, 0.2) is 0 Å². The maximum Gasteiger partial charge on any atom is 0.120 e. The van der Waals surface area contributed by atoms with E-state index in [1.54, 1.807) is 0 Å². The van der Waals surface area contributed by atoms with Crippen LogP contribution >= 0.6 is 0 Å². The minimum absolute atomic E-state index is 0.635. The second-order valence-corrected chi connectivity index (χ2v) is 3.33. The molecule has 0 N–H and O–H groups in total. The Morgan fingerprint density at radius 3 is 2.69 bits per heavy atom. The Balaban J connectivity index is 2.85. The monoisotopic (exact) mass is 176 g/mol. The van der Waals surface area contributed by atoms with Crippen LogP contribution in [-0.4, -0.2) is 6.29 Å². The fraction of sp³-hybridized carbons (Fsp3) is 0.417. The van der Waals surface area contributed by atoms with Gasteiger partial charge >= 0.3 is 0 Å². The zero-order chi connectivity index (χ0) is 9.68. The second kappa shape index (κ2) is 4.80. The van der Waals surface area contributed by atoms with Gasteiger partial charge in [0.05, 0.1) is 0 Å². The predicted molar refractivity (Wildman–Crippen MR) is 54.9 cm³/mol. The van der Waals surface area contributed by atoms with Crippen LogP contribution in [0.3, 0.4) is 0 Å². The first-order valence-electron chi connectivity index (χ1n) is 4.80. The lowest BCUT2D eigenvalue weighted by Crippen LogP contribution is -1.94. The predicted octanol–water partition coefficient (Wildman–Crippen LogP) is 2.69. The molecule has 0 aliphatic rings. The van der Waals surface area contributed by atoms with Gasteiger partial charge in [-0.15, -0.1) is 0 Å². The highest BCUT2D eigenvalue weighted by atomic mass is 16.1. The molecule has 0 amide bonds. The lowest BCUT2D eigenvalue weighted by Gasteiger charge is -2.06. The minimum atomic E-state index is 0.635. The van der Waals surface area contributed by atoms with Crippen LogP contribution in [0.4, 0.5) is 0 Å². The van der Waals surface area contributed by atoms with E-state index in [9.17, 15) is 4.79 Å². The lowest BCUT2D eigenvalue weighted by molar-refractivity contribution is -0.107. The van der Waals surface area contributed by atoms with Crippen molar-refractivity contribution in [1.82, 2.24) is 0 Å². The van der Waals surface area contributed by atoms with E-state index >= 15 is 0 Å². The number of rotatable bonds is 4. The fourth-order valence-corrected chi connectivity index (χ4v) is 1.54. The summed E-state index contributed by atoms with van der Waals surface area (Å²) < 4.78 is 0. The average Bonchev–Trinajstić information content (AvgIpc) is 2.16. The van der Waals surface area contributed by atoms with Gasteiger partial charge in [0.1, 0.15) is 6.29 Å². The van der Waals surface area contributed by atoms with E-state index in [1.165, 1.54) is 16.7 Å². The van der Waals surface area contributed by atoms with Gasteiger partial charge in [0.2, 0.25) is 0 Å². The molecule has 1 heteroatoms. The number of hydrogen-bond acceptors (Lipinski definition) is 1. The van der Waals surface area contributed by atoms with Crippen LogP contribution in [0, 0.1) is 6.92 Å². The maximum absolute atomic E-state index is 10.2. The Morgan fingerprint density at radius 2 is 2.08 bits per heavy atom.